The molecular formula is C29H30Cl2F3N5O7. The molecule has 2 atom stereocenters. The molecular weight excluding hydrogens is 658 g/mol. The summed E-state index contributed by atoms with van der Waals surface area (Å²) >= 11 is 11.9. The van der Waals surface area contributed by atoms with Gasteiger partial charge in [-0.05, 0) is 69.5 Å². The number of carbonyl (C=O) groups is 2. The number of hydrogen-bond acceptors (Lipinski definition) is 8. The van der Waals surface area contributed by atoms with Crippen molar-refractivity contribution in [1.29, 1.82) is 0 Å². The largest absolute Gasteiger partial charge is 0.493 e. The van der Waals surface area contributed by atoms with Crippen LogP contribution in [0.25, 0.3) is 11.4 Å². The second kappa shape index (κ2) is 14.1. The number of alkyl carbamates (subject to hydrolysis) is 1. The van der Waals surface area contributed by atoms with E-state index in [-0.39, 0.29) is 42.6 Å². The Bertz CT molecular complexity index is 1610. The molecule has 0 saturated carbocycles. The highest BCUT2D eigenvalue weighted by atomic mass is 35.5. The minimum absolute atomic E-state index is 0.00751. The van der Waals surface area contributed by atoms with Crippen molar-refractivity contribution in [3.05, 3.63) is 63.5 Å². The van der Waals surface area contributed by atoms with Gasteiger partial charge in [0.15, 0.2) is 0 Å². The zero-order valence-corrected chi connectivity index (χ0v) is 26.3. The summed E-state index contributed by atoms with van der Waals surface area (Å²) in [5.74, 6) is -1.22. The van der Waals surface area contributed by atoms with Crippen LogP contribution in [0.3, 0.4) is 0 Å². The van der Waals surface area contributed by atoms with Crippen LogP contribution in [-0.4, -0.2) is 68.3 Å². The Morgan fingerprint density at radius 2 is 1.89 bits per heavy atom. The second-order valence-electron chi connectivity index (χ2n) is 11.3. The lowest BCUT2D eigenvalue weighted by molar-refractivity contribution is -0.138. The Morgan fingerprint density at radius 1 is 1.15 bits per heavy atom. The maximum Gasteiger partial charge on any atom is 0.434 e. The Morgan fingerprint density at radius 3 is 2.54 bits per heavy atom. The number of amides is 2. The van der Waals surface area contributed by atoms with E-state index < -0.39 is 47.6 Å². The van der Waals surface area contributed by atoms with E-state index in [0.29, 0.717) is 22.9 Å². The first kappa shape index (κ1) is 34.8. The van der Waals surface area contributed by atoms with Crippen LogP contribution in [0.5, 0.6) is 5.75 Å². The van der Waals surface area contributed by atoms with E-state index >= 15 is 0 Å². The minimum atomic E-state index is -4.77. The quantitative estimate of drug-likeness (QED) is 0.138. The van der Waals surface area contributed by atoms with Crippen LogP contribution in [0, 0.1) is 0 Å². The lowest BCUT2D eigenvalue weighted by atomic mass is 10.1. The molecule has 1 fully saturated rings. The Hall–Kier alpha value is -4.08. The first-order valence-corrected chi connectivity index (χ1v) is 14.6. The van der Waals surface area contributed by atoms with Crippen LogP contribution in [0.4, 0.5) is 22.8 Å². The maximum atomic E-state index is 14.0. The van der Waals surface area contributed by atoms with Crippen molar-refractivity contribution < 1.29 is 47.0 Å². The van der Waals surface area contributed by atoms with Gasteiger partial charge in [-0.25, -0.2) is 9.59 Å². The predicted octanol–water partition coefficient (Wildman–Crippen LogP) is 6.74. The highest BCUT2D eigenvalue weighted by molar-refractivity contribution is 6.42. The fraction of sp³-hybridized carbons (Fsp3) is 0.414. The molecule has 248 valence electrons. The van der Waals surface area contributed by atoms with Crippen molar-refractivity contribution >= 4 is 41.3 Å². The number of carboxylic acid groups (broad SMARTS) is 1. The van der Waals surface area contributed by atoms with Crippen molar-refractivity contribution in [3.63, 3.8) is 0 Å². The van der Waals surface area contributed by atoms with Gasteiger partial charge in [-0.1, -0.05) is 34.4 Å². The first-order valence-electron chi connectivity index (χ1n) is 13.9. The highest BCUT2D eigenvalue weighted by Gasteiger charge is 2.40. The number of ether oxygens (including phenoxy) is 2. The third-order valence-corrected chi connectivity index (χ3v) is 7.23. The third-order valence-electron chi connectivity index (χ3n) is 6.49. The Balaban J connectivity index is 1.52. The molecule has 1 saturated heterocycles. The summed E-state index contributed by atoms with van der Waals surface area (Å²) in [4.78, 5) is 32.6. The number of rotatable bonds is 7. The number of alkyl halides is 3. The maximum absolute atomic E-state index is 14.0. The van der Waals surface area contributed by atoms with E-state index in [4.69, 9.17) is 37.2 Å². The zero-order chi connectivity index (χ0) is 33.8. The van der Waals surface area contributed by atoms with Crippen LogP contribution in [0.1, 0.15) is 56.7 Å². The molecule has 3 aromatic rings. The standard InChI is InChI=1S/C29H30Cl2F3N5O7/c1-28(2,3)45-27(43)37-25(36-26(41)42)39-14-17(40)13-21(39)24-35-23(38-46-24)16-7-9-22(18(12-16)29(32,33)34)44-10-4-5-15-6-8-19(30)20(31)11-15/h6-9,11-12,17,21,40H,4-5,10,13-14H2,1-3H3,(H,41,42)(H,36,37,43)/t17?,21-/m0/s1. The normalized spacial score (nSPS) is 17.2. The van der Waals surface area contributed by atoms with Crippen LogP contribution < -0.4 is 10.1 Å². The number of aliphatic imine (C=N–C) groups is 1. The summed E-state index contributed by atoms with van der Waals surface area (Å²) in [5.41, 5.74) is -1.15. The van der Waals surface area contributed by atoms with Gasteiger partial charge in [0.1, 0.15) is 17.4 Å². The van der Waals surface area contributed by atoms with E-state index in [9.17, 15) is 33.0 Å². The average molecular weight is 688 g/mol. The molecule has 1 aromatic heterocycles. The van der Waals surface area contributed by atoms with Gasteiger partial charge in [-0.2, -0.15) is 18.2 Å². The molecule has 0 spiro atoms. The molecule has 17 heteroatoms. The number of aliphatic hydroxyl groups is 1. The number of nitrogens with one attached hydrogen (secondary N) is 1. The summed E-state index contributed by atoms with van der Waals surface area (Å²) in [5, 5.41) is 26.5. The van der Waals surface area contributed by atoms with Crippen LogP contribution in [0.2, 0.25) is 10.0 Å². The first-order chi connectivity index (χ1) is 21.5. The number of benzene rings is 2. The second-order valence-corrected chi connectivity index (χ2v) is 12.1. The molecule has 1 aliphatic rings. The molecule has 12 nitrogen and oxygen atoms in total. The summed E-state index contributed by atoms with van der Waals surface area (Å²) in [6, 6.07) is 7.42. The van der Waals surface area contributed by atoms with Gasteiger partial charge in [-0.3, -0.25) is 5.32 Å². The number of aromatic nitrogens is 2. The van der Waals surface area contributed by atoms with E-state index in [1.54, 1.807) is 39.0 Å². The van der Waals surface area contributed by atoms with Crippen molar-refractivity contribution in [2.45, 2.75) is 64.0 Å². The molecule has 2 aromatic carbocycles. The van der Waals surface area contributed by atoms with Crippen molar-refractivity contribution in [2.75, 3.05) is 13.2 Å². The predicted molar refractivity (Wildman–Crippen MR) is 160 cm³/mol. The molecule has 2 heterocycles. The van der Waals surface area contributed by atoms with Crippen molar-refractivity contribution in [3.8, 4) is 17.1 Å². The minimum Gasteiger partial charge on any atom is -0.493 e. The number of halogens is 5. The van der Waals surface area contributed by atoms with Gasteiger partial charge in [0.2, 0.25) is 17.7 Å². The summed E-state index contributed by atoms with van der Waals surface area (Å²) in [6.45, 7) is 4.62. The smallest absolute Gasteiger partial charge is 0.434 e. The van der Waals surface area contributed by atoms with Gasteiger partial charge < -0.3 is 29.1 Å². The number of hydrogen-bond donors (Lipinski definition) is 3. The molecule has 3 N–H and O–H groups in total. The monoisotopic (exact) mass is 687 g/mol. The van der Waals surface area contributed by atoms with E-state index in [2.05, 4.69) is 20.4 Å². The molecule has 1 aliphatic heterocycles. The topological polar surface area (TPSA) is 160 Å². The third kappa shape index (κ3) is 9.23. The van der Waals surface area contributed by atoms with Crippen molar-refractivity contribution in [1.82, 2.24) is 20.4 Å². The fourth-order valence-corrected chi connectivity index (χ4v) is 4.91. The molecule has 0 bridgehead atoms. The van der Waals surface area contributed by atoms with Gasteiger partial charge in [0.25, 0.3) is 0 Å². The number of carbonyl (C=O) groups excluding carboxylic acids is 1. The summed E-state index contributed by atoms with van der Waals surface area (Å²) < 4.78 is 58.1. The fourth-order valence-electron chi connectivity index (χ4n) is 4.59. The van der Waals surface area contributed by atoms with Gasteiger partial charge in [-0.15, -0.1) is 4.99 Å². The van der Waals surface area contributed by atoms with Crippen molar-refractivity contribution in [2.24, 2.45) is 4.99 Å². The summed E-state index contributed by atoms with van der Waals surface area (Å²) in [6.07, 6.45) is -7.58. The zero-order valence-electron chi connectivity index (χ0n) is 24.8. The van der Waals surface area contributed by atoms with Crippen LogP contribution in [-0.2, 0) is 17.3 Å². The number of aliphatic hydroxyl groups excluding tert-OH is 1. The molecule has 0 aliphatic carbocycles. The number of nitrogens with zero attached hydrogens (tertiary/aromatic N) is 4. The van der Waals surface area contributed by atoms with Gasteiger partial charge >= 0.3 is 18.4 Å². The molecule has 46 heavy (non-hydrogen) atoms. The molecule has 2 amide bonds. The van der Waals surface area contributed by atoms with E-state index in [1.807, 2.05) is 0 Å². The van der Waals surface area contributed by atoms with Gasteiger partial charge in [0, 0.05) is 18.5 Å². The summed E-state index contributed by atoms with van der Waals surface area (Å²) in [7, 11) is 0. The molecule has 1 unspecified atom stereocenters. The lowest BCUT2D eigenvalue weighted by Gasteiger charge is -2.26. The molecule has 0 radical (unpaired) electrons. The molecule has 4 rings (SSSR count). The average Bonchev–Trinajstić information content (AvgIpc) is 3.58. The number of β-amino-alcohol motifs (C(OH)–C–C–N with tert-alkyl or cyclic N) is 1. The van der Waals surface area contributed by atoms with E-state index in [1.165, 1.54) is 11.0 Å². The SMILES string of the molecule is CC(C)(C)OC(=O)N/C(=N\C(=O)O)N1CC(O)C[C@H]1c1nc(-c2ccc(OCCCc3ccc(Cl)c(Cl)c3)c(C(F)(F)F)c2)no1. The van der Waals surface area contributed by atoms with Crippen LogP contribution in [0.15, 0.2) is 45.9 Å². The number of likely N-dealkylation sites (tertiary alicyclic amines) is 1. The number of aryl methyl sites for hydroxylation is 1. The van der Waals surface area contributed by atoms with E-state index in [0.717, 1.165) is 17.7 Å². The van der Waals surface area contributed by atoms with Gasteiger partial charge in [0.05, 0.1) is 28.3 Å². The lowest BCUT2D eigenvalue weighted by Crippen LogP contribution is -2.46. The Labute approximate surface area is 271 Å². The van der Waals surface area contributed by atoms with Crippen LogP contribution >= 0.6 is 23.2 Å². The number of guanidine groups is 1. The highest BCUT2D eigenvalue weighted by Crippen LogP contribution is 2.39. The Kier molecular flexibility index (Phi) is 10.7.